The predicted octanol–water partition coefficient (Wildman–Crippen LogP) is 5.94. The van der Waals surface area contributed by atoms with Crippen molar-refractivity contribution in [3.05, 3.63) is 95.9 Å². The molecular weight excluding hydrogens is 767 g/mol. The van der Waals surface area contributed by atoms with Gasteiger partial charge in [0.2, 0.25) is 22.8 Å². The van der Waals surface area contributed by atoms with E-state index < -0.39 is 0 Å². The quantitative estimate of drug-likeness (QED) is 0.156. The molecule has 2 N–H and O–H groups in total. The Hall–Kier alpha value is -6.28. The summed E-state index contributed by atoms with van der Waals surface area (Å²) >= 11 is 1.61. The summed E-state index contributed by atoms with van der Waals surface area (Å²) in [6.07, 6.45) is 10.0. The third kappa shape index (κ3) is 7.60. The van der Waals surface area contributed by atoms with Crippen molar-refractivity contribution in [1.29, 1.82) is 5.26 Å². The number of nitrogens with zero attached hydrogens (tertiary/aromatic N) is 9. The second-order valence-corrected chi connectivity index (χ2v) is 16.5. The predicted molar refractivity (Wildman–Crippen MR) is 220 cm³/mol. The molecule has 2 bridgehead atoms. The zero-order valence-electron chi connectivity index (χ0n) is 32.2. The van der Waals surface area contributed by atoms with Crippen molar-refractivity contribution >= 4 is 39.5 Å². The Bertz CT molecular complexity index is 2550. The molecule has 3 atom stereocenters. The molecule has 2 unspecified atom stereocenters. The summed E-state index contributed by atoms with van der Waals surface area (Å²) in [7, 11) is 0. The second kappa shape index (κ2) is 15.8. The maximum absolute atomic E-state index is 12.3. The molecule has 6 aromatic rings. The van der Waals surface area contributed by atoms with Crippen molar-refractivity contribution in [1.82, 2.24) is 40.0 Å². The molecule has 4 fully saturated rings. The number of carbonyl (C=O) groups excluding carboxylic acids is 2. The number of ether oxygens (including phenoxy) is 2. The van der Waals surface area contributed by atoms with Crippen molar-refractivity contribution in [2.45, 2.75) is 69.1 Å². The van der Waals surface area contributed by atoms with Crippen LogP contribution in [0.2, 0.25) is 0 Å². The maximum Gasteiger partial charge on any atom is 0.234 e. The molecule has 59 heavy (non-hydrogen) atoms. The van der Waals surface area contributed by atoms with E-state index in [0.717, 1.165) is 102 Å². The SMILES string of the molecule is N#Cc1cnn2c(-c3cc(NC4CCOCC4)c(-c4nnc(N5CC6CCC(C5)N6Cc5ccc(Oc6ccc([C@@H]7CCC(=O)NC7=O)cn6)cc5)s4)cn3)ccc2c1. The number of piperazine rings is 1. The number of anilines is 2. The Kier molecular flexibility index (Phi) is 9.92. The first kappa shape index (κ1) is 37.0. The molecule has 5 aromatic heterocycles. The average molecular weight is 808 g/mol. The number of benzene rings is 1. The highest BCUT2D eigenvalue weighted by Gasteiger charge is 2.41. The van der Waals surface area contributed by atoms with Gasteiger partial charge in [-0.25, -0.2) is 9.50 Å². The fraction of sp³-hybridized carbons (Fsp3) is 0.349. The Labute approximate surface area is 344 Å². The van der Waals surface area contributed by atoms with E-state index >= 15 is 0 Å². The highest BCUT2D eigenvalue weighted by molar-refractivity contribution is 7.18. The average Bonchev–Trinajstić information content (AvgIpc) is 3.98. The summed E-state index contributed by atoms with van der Waals surface area (Å²) in [6.45, 7) is 4.08. The third-order valence-electron chi connectivity index (χ3n) is 11.8. The smallest absolute Gasteiger partial charge is 0.234 e. The number of hydrogen-bond donors (Lipinski definition) is 2. The number of aromatic nitrogens is 6. The van der Waals surface area contributed by atoms with Gasteiger partial charge in [-0.15, -0.1) is 10.2 Å². The number of nitrogens with one attached hydrogen (secondary N) is 2. The highest BCUT2D eigenvalue weighted by atomic mass is 32.1. The minimum absolute atomic E-state index is 0.231. The summed E-state index contributed by atoms with van der Waals surface area (Å²) in [5, 5.41) is 31.3. The van der Waals surface area contributed by atoms with E-state index in [1.165, 1.54) is 5.56 Å². The topological polar surface area (TPSA) is 176 Å². The number of amides is 2. The van der Waals surface area contributed by atoms with Gasteiger partial charge in [0.15, 0.2) is 5.01 Å². The van der Waals surface area contributed by atoms with Crippen LogP contribution in [0.25, 0.3) is 27.5 Å². The van der Waals surface area contributed by atoms with Gasteiger partial charge in [-0.2, -0.15) is 10.4 Å². The first-order chi connectivity index (χ1) is 28.9. The van der Waals surface area contributed by atoms with Crippen LogP contribution in [0.1, 0.15) is 61.1 Å². The van der Waals surface area contributed by atoms with Gasteiger partial charge in [-0.05, 0) is 79.6 Å². The van der Waals surface area contributed by atoms with Gasteiger partial charge in [-0.3, -0.25) is 24.8 Å². The van der Waals surface area contributed by atoms with Crippen LogP contribution in [0.3, 0.4) is 0 Å². The Morgan fingerprint density at radius 1 is 0.915 bits per heavy atom. The van der Waals surface area contributed by atoms with Gasteiger partial charge in [0.25, 0.3) is 0 Å². The number of piperidine rings is 1. The number of nitriles is 1. The summed E-state index contributed by atoms with van der Waals surface area (Å²) in [6, 6.07) is 22.9. The molecule has 2 amide bonds. The van der Waals surface area contributed by atoms with Crippen LogP contribution in [-0.2, 0) is 20.9 Å². The van der Waals surface area contributed by atoms with E-state index in [0.29, 0.717) is 42.1 Å². The van der Waals surface area contributed by atoms with Crippen LogP contribution < -0.4 is 20.3 Å². The van der Waals surface area contributed by atoms with E-state index in [4.69, 9.17) is 24.7 Å². The lowest BCUT2D eigenvalue weighted by Crippen LogP contribution is -2.53. The molecule has 0 radical (unpaired) electrons. The van der Waals surface area contributed by atoms with Crippen molar-refractivity contribution in [3.8, 4) is 39.7 Å². The van der Waals surface area contributed by atoms with Crippen LogP contribution in [0.4, 0.5) is 10.8 Å². The van der Waals surface area contributed by atoms with Gasteiger partial charge in [0, 0.05) is 81.5 Å². The summed E-state index contributed by atoms with van der Waals surface area (Å²) in [5.41, 5.74) is 6.82. The molecule has 9 heterocycles. The lowest BCUT2D eigenvalue weighted by Gasteiger charge is -2.40. The van der Waals surface area contributed by atoms with Crippen molar-refractivity contribution in [2.24, 2.45) is 0 Å². The van der Waals surface area contributed by atoms with Crippen molar-refractivity contribution in [3.63, 3.8) is 0 Å². The van der Waals surface area contributed by atoms with Crippen molar-refractivity contribution in [2.75, 3.05) is 36.5 Å². The number of fused-ring (bicyclic) bond motifs is 3. The first-order valence-corrected chi connectivity index (χ1v) is 20.9. The molecule has 0 aliphatic carbocycles. The fourth-order valence-electron chi connectivity index (χ4n) is 8.72. The van der Waals surface area contributed by atoms with E-state index in [1.807, 2.05) is 47.1 Å². The number of imide groups is 1. The van der Waals surface area contributed by atoms with E-state index in [2.05, 4.69) is 54.8 Å². The van der Waals surface area contributed by atoms with E-state index in [1.54, 1.807) is 29.8 Å². The number of pyridine rings is 2. The molecule has 1 aromatic carbocycles. The standard InChI is InChI=1S/C43H41N11O4S/c44-19-27-17-30-6-10-38(54(30)47-20-27)37-18-36(48-29-13-15-57-16-14-29)35(22-45-37)42-50-51-43(59-42)52-24-31-4-5-32(25-52)53(31)23-26-1-7-33(8-2-26)58-40-12-3-28(21-46-40)34-9-11-39(55)49-41(34)56/h1-3,6-8,10,12,17-18,20-22,29,31-32,34H,4-5,9,11,13-16,23-25H2,(H,45,48)(H,49,55,56)/t31?,32?,34-/m0/s1. The summed E-state index contributed by atoms with van der Waals surface area (Å²) < 4.78 is 13.5. The third-order valence-corrected chi connectivity index (χ3v) is 12.9. The van der Waals surface area contributed by atoms with Crippen LogP contribution in [0.15, 0.2) is 79.3 Å². The number of rotatable bonds is 10. The zero-order valence-corrected chi connectivity index (χ0v) is 33.0. The van der Waals surface area contributed by atoms with E-state index in [9.17, 15) is 14.9 Å². The molecule has 15 nitrogen and oxygen atoms in total. The van der Waals surface area contributed by atoms with Gasteiger partial charge in [0.05, 0.1) is 40.1 Å². The molecule has 0 saturated carbocycles. The van der Waals surface area contributed by atoms with Gasteiger partial charge in [0.1, 0.15) is 11.8 Å². The lowest BCUT2D eigenvalue weighted by molar-refractivity contribution is -0.134. The maximum atomic E-state index is 12.3. The lowest BCUT2D eigenvalue weighted by atomic mass is 9.92. The molecule has 4 saturated heterocycles. The largest absolute Gasteiger partial charge is 0.439 e. The zero-order chi connectivity index (χ0) is 39.9. The van der Waals surface area contributed by atoms with Crippen LogP contribution >= 0.6 is 11.3 Å². The van der Waals surface area contributed by atoms with Crippen LogP contribution in [0, 0.1) is 11.3 Å². The molecule has 298 valence electrons. The first-order valence-electron chi connectivity index (χ1n) is 20.1. The fourth-order valence-corrected chi connectivity index (χ4v) is 9.61. The normalized spacial score (nSPS) is 21.1. The highest BCUT2D eigenvalue weighted by Crippen LogP contribution is 2.39. The van der Waals surface area contributed by atoms with Gasteiger partial charge < -0.3 is 19.7 Å². The van der Waals surface area contributed by atoms with Gasteiger partial charge >= 0.3 is 0 Å². The monoisotopic (exact) mass is 807 g/mol. The van der Waals surface area contributed by atoms with Gasteiger partial charge in [-0.1, -0.05) is 29.5 Å². The number of hydrogen-bond acceptors (Lipinski definition) is 14. The second-order valence-electron chi connectivity index (χ2n) is 15.6. The van der Waals surface area contributed by atoms with Crippen LogP contribution in [-0.4, -0.2) is 90.9 Å². The summed E-state index contributed by atoms with van der Waals surface area (Å²) in [5.74, 6) is 0.253. The van der Waals surface area contributed by atoms with Crippen LogP contribution in [0.5, 0.6) is 11.6 Å². The minimum Gasteiger partial charge on any atom is -0.439 e. The molecule has 4 aliphatic heterocycles. The molecule has 0 spiro atoms. The minimum atomic E-state index is -0.376. The molecule has 16 heteroatoms. The van der Waals surface area contributed by atoms with Crippen molar-refractivity contribution < 1.29 is 19.1 Å². The Morgan fingerprint density at radius 2 is 1.75 bits per heavy atom. The molecule has 10 rings (SSSR count). The number of carbonyl (C=O) groups is 2. The summed E-state index contributed by atoms with van der Waals surface area (Å²) in [4.78, 5) is 38.1. The molecular formula is C43H41N11O4S. The Balaban J connectivity index is 0.804. The molecule has 4 aliphatic rings. The Morgan fingerprint density at radius 3 is 2.51 bits per heavy atom. The van der Waals surface area contributed by atoms with E-state index in [-0.39, 0.29) is 23.8 Å².